The predicted octanol–water partition coefficient (Wildman–Crippen LogP) is 0.0183. The number of ether oxygens (including phenoxy) is 1. The van der Waals surface area contributed by atoms with Crippen molar-refractivity contribution in [1.82, 2.24) is 5.32 Å². The summed E-state index contributed by atoms with van der Waals surface area (Å²) in [5, 5.41) is 11.2. The summed E-state index contributed by atoms with van der Waals surface area (Å²) in [5.41, 5.74) is 0.607. The number of carbonyl (C=O) groups is 2. The molecule has 1 aromatic rings. The average molecular weight is 255 g/mol. The van der Waals surface area contributed by atoms with Gasteiger partial charge in [0.15, 0.2) is 6.04 Å². The fourth-order valence-electron chi connectivity index (χ4n) is 1.35. The first-order valence-electron chi connectivity index (χ1n) is 5.29. The number of methoxy groups -OCH3 is 1. The van der Waals surface area contributed by atoms with Crippen LogP contribution in [0.5, 0.6) is 0 Å². The van der Waals surface area contributed by atoms with E-state index in [4.69, 9.17) is 5.11 Å². The highest BCUT2D eigenvalue weighted by molar-refractivity contribution is 5.85. The van der Waals surface area contributed by atoms with Crippen molar-refractivity contribution in [1.29, 1.82) is 0 Å². The molecule has 2 N–H and O–H groups in total. The van der Waals surface area contributed by atoms with Gasteiger partial charge in [0, 0.05) is 0 Å². The summed E-state index contributed by atoms with van der Waals surface area (Å²) in [6, 6.07) is 4.35. The van der Waals surface area contributed by atoms with Gasteiger partial charge < -0.3 is 15.2 Å². The molecule has 1 atom stereocenters. The molecule has 1 aromatic carbocycles. The summed E-state index contributed by atoms with van der Waals surface area (Å²) in [4.78, 5) is 22.7. The van der Waals surface area contributed by atoms with Crippen LogP contribution >= 0.6 is 0 Å². The topological polar surface area (TPSA) is 75.6 Å². The van der Waals surface area contributed by atoms with E-state index in [0.717, 1.165) is 7.11 Å². The van der Waals surface area contributed by atoms with Crippen LogP contribution in [0.25, 0.3) is 0 Å². The molecule has 0 aliphatic rings. The zero-order valence-electron chi connectivity index (χ0n) is 9.85. The van der Waals surface area contributed by atoms with E-state index in [2.05, 4.69) is 10.1 Å². The number of esters is 1. The molecule has 1 amide bonds. The van der Waals surface area contributed by atoms with E-state index in [1.807, 2.05) is 0 Å². The van der Waals surface area contributed by atoms with E-state index in [0.29, 0.717) is 5.56 Å². The molecule has 0 radical (unpaired) electrons. The lowest BCUT2D eigenvalue weighted by molar-refractivity contribution is -0.146. The first-order valence-corrected chi connectivity index (χ1v) is 5.29. The number of halogens is 1. The van der Waals surface area contributed by atoms with Crippen molar-refractivity contribution in [2.75, 3.05) is 13.7 Å². The van der Waals surface area contributed by atoms with Crippen LogP contribution in [0, 0.1) is 5.82 Å². The van der Waals surface area contributed by atoms with Crippen LogP contribution in [-0.2, 0) is 20.7 Å². The SMILES string of the molecule is COC(=O)C(CO)NC(=O)Cc1ccc(F)cc1. The summed E-state index contributed by atoms with van der Waals surface area (Å²) in [6.45, 7) is -0.540. The lowest BCUT2D eigenvalue weighted by Crippen LogP contribution is -2.44. The lowest BCUT2D eigenvalue weighted by atomic mass is 10.1. The second-order valence-electron chi connectivity index (χ2n) is 3.63. The minimum absolute atomic E-state index is 0.00618. The molecule has 0 spiro atoms. The van der Waals surface area contributed by atoms with Gasteiger partial charge in [-0.15, -0.1) is 0 Å². The lowest BCUT2D eigenvalue weighted by Gasteiger charge is -2.13. The fraction of sp³-hybridized carbons (Fsp3) is 0.333. The number of amides is 1. The Balaban J connectivity index is 2.55. The molecule has 0 heterocycles. The first kappa shape index (κ1) is 14.1. The molecule has 0 aliphatic heterocycles. The van der Waals surface area contributed by atoms with Crippen molar-refractivity contribution in [2.45, 2.75) is 12.5 Å². The molecule has 18 heavy (non-hydrogen) atoms. The molecule has 1 rings (SSSR count). The van der Waals surface area contributed by atoms with E-state index >= 15 is 0 Å². The van der Waals surface area contributed by atoms with E-state index in [-0.39, 0.29) is 12.2 Å². The van der Waals surface area contributed by atoms with Gasteiger partial charge in [0.05, 0.1) is 20.1 Å². The zero-order chi connectivity index (χ0) is 13.5. The van der Waals surface area contributed by atoms with Gasteiger partial charge in [-0.1, -0.05) is 12.1 Å². The van der Waals surface area contributed by atoms with Gasteiger partial charge in [-0.05, 0) is 17.7 Å². The van der Waals surface area contributed by atoms with Crippen molar-refractivity contribution in [3.8, 4) is 0 Å². The third-order valence-electron chi connectivity index (χ3n) is 2.28. The van der Waals surface area contributed by atoms with Gasteiger partial charge in [-0.2, -0.15) is 0 Å². The average Bonchev–Trinajstić information content (AvgIpc) is 2.37. The third kappa shape index (κ3) is 4.14. The quantitative estimate of drug-likeness (QED) is 0.727. The standard InChI is InChI=1S/C12H14FNO4/c1-18-12(17)10(7-15)14-11(16)6-8-2-4-9(13)5-3-8/h2-5,10,15H,6-7H2,1H3,(H,14,16). The maximum atomic E-state index is 12.6. The van der Waals surface area contributed by atoms with Gasteiger partial charge in [-0.3, -0.25) is 4.79 Å². The number of aliphatic hydroxyl groups excluding tert-OH is 1. The molecular weight excluding hydrogens is 241 g/mol. The van der Waals surface area contributed by atoms with E-state index < -0.39 is 24.5 Å². The summed E-state index contributed by atoms with van der Waals surface area (Å²) in [6.07, 6.45) is -0.00618. The van der Waals surface area contributed by atoms with Crippen molar-refractivity contribution in [3.05, 3.63) is 35.6 Å². The van der Waals surface area contributed by atoms with Crippen LogP contribution in [0.3, 0.4) is 0 Å². The number of nitrogens with one attached hydrogen (secondary N) is 1. The number of hydrogen-bond acceptors (Lipinski definition) is 4. The maximum absolute atomic E-state index is 12.6. The Morgan fingerprint density at radius 2 is 2.00 bits per heavy atom. The predicted molar refractivity (Wildman–Crippen MR) is 61.1 cm³/mol. The molecular formula is C12H14FNO4. The molecule has 0 saturated heterocycles. The van der Waals surface area contributed by atoms with Crippen LogP contribution in [0.1, 0.15) is 5.56 Å². The third-order valence-corrected chi connectivity index (χ3v) is 2.28. The monoisotopic (exact) mass is 255 g/mol. The number of hydrogen-bond donors (Lipinski definition) is 2. The Labute approximate surface area is 104 Å². The summed E-state index contributed by atoms with van der Waals surface area (Å²) in [5.74, 6) is -1.56. The second-order valence-corrected chi connectivity index (χ2v) is 3.63. The molecule has 6 heteroatoms. The Bertz CT molecular complexity index is 419. The van der Waals surface area contributed by atoms with Gasteiger partial charge in [0.1, 0.15) is 5.82 Å². The highest BCUT2D eigenvalue weighted by atomic mass is 19.1. The van der Waals surface area contributed by atoms with Crippen LogP contribution in [0.2, 0.25) is 0 Å². The molecule has 0 fully saturated rings. The van der Waals surface area contributed by atoms with Crippen LogP contribution in [0.4, 0.5) is 4.39 Å². The zero-order valence-corrected chi connectivity index (χ0v) is 9.85. The maximum Gasteiger partial charge on any atom is 0.330 e. The largest absolute Gasteiger partial charge is 0.467 e. The van der Waals surface area contributed by atoms with Crippen LogP contribution in [0.15, 0.2) is 24.3 Å². The Kier molecular flexibility index (Phi) is 5.26. The minimum Gasteiger partial charge on any atom is -0.467 e. The number of rotatable bonds is 5. The number of carbonyl (C=O) groups excluding carboxylic acids is 2. The fourth-order valence-corrected chi connectivity index (χ4v) is 1.35. The second kappa shape index (κ2) is 6.70. The van der Waals surface area contributed by atoms with Gasteiger partial charge in [-0.25, -0.2) is 9.18 Å². The molecule has 1 unspecified atom stereocenters. The highest BCUT2D eigenvalue weighted by Gasteiger charge is 2.20. The molecule has 0 bridgehead atoms. The first-order chi connectivity index (χ1) is 8.56. The van der Waals surface area contributed by atoms with Gasteiger partial charge in [0.2, 0.25) is 5.91 Å². The Morgan fingerprint density at radius 1 is 1.39 bits per heavy atom. The Morgan fingerprint density at radius 3 is 2.50 bits per heavy atom. The highest BCUT2D eigenvalue weighted by Crippen LogP contribution is 2.03. The van der Waals surface area contributed by atoms with Gasteiger partial charge >= 0.3 is 5.97 Å². The normalized spacial score (nSPS) is 11.7. The molecule has 98 valence electrons. The van der Waals surface area contributed by atoms with Crippen LogP contribution in [-0.4, -0.2) is 36.7 Å². The smallest absolute Gasteiger partial charge is 0.330 e. The summed E-state index contributed by atoms with van der Waals surface area (Å²) >= 11 is 0. The van der Waals surface area contributed by atoms with Crippen molar-refractivity contribution < 1.29 is 23.8 Å². The summed E-state index contributed by atoms with van der Waals surface area (Å²) < 4.78 is 17.1. The molecule has 0 aliphatic carbocycles. The summed E-state index contributed by atoms with van der Waals surface area (Å²) in [7, 11) is 1.16. The molecule has 0 aromatic heterocycles. The van der Waals surface area contributed by atoms with Crippen molar-refractivity contribution in [3.63, 3.8) is 0 Å². The van der Waals surface area contributed by atoms with Crippen LogP contribution < -0.4 is 5.32 Å². The van der Waals surface area contributed by atoms with E-state index in [1.165, 1.54) is 24.3 Å². The number of aliphatic hydroxyl groups is 1. The van der Waals surface area contributed by atoms with Gasteiger partial charge in [0.25, 0.3) is 0 Å². The molecule has 5 nitrogen and oxygen atoms in total. The van der Waals surface area contributed by atoms with Crippen molar-refractivity contribution >= 4 is 11.9 Å². The van der Waals surface area contributed by atoms with Crippen molar-refractivity contribution in [2.24, 2.45) is 0 Å². The Hall–Kier alpha value is -1.95. The minimum atomic E-state index is -1.08. The molecule has 0 saturated carbocycles. The van der Waals surface area contributed by atoms with E-state index in [9.17, 15) is 14.0 Å². The van der Waals surface area contributed by atoms with E-state index in [1.54, 1.807) is 0 Å². The number of benzene rings is 1.